The molecule has 0 bridgehead atoms. The number of benzene rings is 1. The molecule has 3 rings (SSSR count). The van der Waals surface area contributed by atoms with E-state index in [1.54, 1.807) is 14.0 Å². The van der Waals surface area contributed by atoms with Gasteiger partial charge in [-0.15, -0.1) is 0 Å². The van der Waals surface area contributed by atoms with Gasteiger partial charge in [0.05, 0.1) is 25.9 Å². The molecule has 31 heavy (non-hydrogen) atoms. The van der Waals surface area contributed by atoms with E-state index >= 15 is 0 Å². The largest absolute Gasteiger partial charge is 0.493 e. The molecule has 0 saturated carbocycles. The Balaban J connectivity index is 2.15. The molecule has 0 radical (unpaired) electrons. The third-order valence-corrected chi connectivity index (χ3v) is 5.72. The number of hydrogen-bond acceptors (Lipinski definition) is 6. The summed E-state index contributed by atoms with van der Waals surface area (Å²) in [6.45, 7) is 10.7. The molecular weight excluding hydrogens is 394 g/mol. The van der Waals surface area contributed by atoms with Gasteiger partial charge in [0.2, 0.25) is 0 Å². The minimum Gasteiger partial charge on any atom is -0.493 e. The lowest BCUT2D eigenvalue weighted by molar-refractivity contribution is -0.138. The number of esters is 1. The van der Waals surface area contributed by atoms with E-state index in [0.29, 0.717) is 35.7 Å². The maximum atomic E-state index is 13.3. The molecule has 168 valence electrons. The summed E-state index contributed by atoms with van der Waals surface area (Å²) < 4.78 is 16.7. The van der Waals surface area contributed by atoms with Gasteiger partial charge in [0, 0.05) is 29.3 Å². The second kappa shape index (κ2) is 9.16. The minimum atomic E-state index is -0.506. The van der Waals surface area contributed by atoms with E-state index in [2.05, 4.69) is 19.2 Å². The van der Waals surface area contributed by atoms with Crippen molar-refractivity contribution in [3.63, 3.8) is 0 Å². The number of allylic oxidation sites excluding steroid dienone is 3. The summed E-state index contributed by atoms with van der Waals surface area (Å²) in [5, 5.41) is 3.34. The highest BCUT2D eigenvalue weighted by atomic mass is 16.5. The number of ether oxygens (including phenoxy) is 3. The monoisotopic (exact) mass is 427 g/mol. The lowest BCUT2D eigenvalue weighted by Crippen LogP contribution is -2.38. The highest BCUT2D eigenvalue weighted by Gasteiger charge is 2.43. The smallest absolute Gasteiger partial charge is 0.336 e. The summed E-state index contributed by atoms with van der Waals surface area (Å²) in [7, 11) is 1.59. The molecule has 1 aromatic rings. The van der Waals surface area contributed by atoms with Crippen LogP contribution in [-0.4, -0.2) is 32.1 Å². The molecule has 2 aliphatic rings. The van der Waals surface area contributed by atoms with Gasteiger partial charge in [-0.05, 0) is 49.8 Å². The van der Waals surface area contributed by atoms with Crippen molar-refractivity contribution in [3.05, 3.63) is 46.3 Å². The van der Waals surface area contributed by atoms with Crippen molar-refractivity contribution in [2.24, 2.45) is 5.41 Å². The van der Waals surface area contributed by atoms with Crippen molar-refractivity contribution in [2.75, 3.05) is 20.3 Å². The van der Waals surface area contributed by atoms with Crippen molar-refractivity contribution in [2.45, 2.75) is 59.8 Å². The van der Waals surface area contributed by atoms with Crippen LogP contribution in [0, 0.1) is 5.41 Å². The standard InChI is InChI=1S/C25H33NO5/c1-7-11-31-19-10-9-16(12-20(19)29-6)22-21(24(28)30-8-2)15(3)26-17-13-25(4,5)14-18(27)23(17)22/h9-10,12,22,26H,7-8,11,13-14H2,1-6H3/t22-/m1/s1. The average Bonchev–Trinajstić information content (AvgIpc) is 2.70. The van der Waals surface area contributed by atoms with Crippen LogP contribution in [-0.2, 0) is 14.3 Å². The summed E-state index contributed by atoms with van der Waals surface area (Å²) in [6.07, 6.45) is 2.06. The van der Waals surface area contributed by atoms with E-state index in [0.717, 1.165) is 29.8 Å². The first-order chi connectivity index (χ1) is 14.7. The Morgan fingerprint density at radius 1 is 1.19 bits per heavy atom. The zero-order valence-electron chi connectivity index (χ0n) is 19.4. The van der Waals surface area contributed by atoms with E-state index in [1.165, 1.54) is 0 Å². The van der Waals surface area contributed by atoms with E-state index in [-0.39, 0.29) is 17.8 Å². The normalized spacial score (nSPS) is 20.2. The summed E-state index contributed by atoms with van der Waals surface area (Å²) in [5.41, 5.74) is 3.41. The fourth-order valence-corrected chi connectivity index (χ4v) is 4.44. The molecule has 1 aliphatic heterocycles. The van der Waals surface area contributed by atoms with Gasteiger partial charge in [-0.1, -0.05) is 26.8 Å². The predicted octanol–water partition coefficient (Wildman–Crippen LogP) is 4.65. The maximum absolute atomic E-state index is 13.3. The number of carbonyl (C=O) groups excluding carboxylic acids is 2. The average molecular weight is 428 g/mol. The summed E-state index contributed by atoms with van der Waals surface area (Å²) in [6, 6.07) is 5.63. The quantitative estimate of drug-likeness (QED) is 0.639. The molecule has 0 spiro atoms. The van der Waals surface area contributed by atoms with Crippen LogP contribution in [0.4, 0.5) is 0 Å². The minimum absolute atomic E-state index is 0.0586. The van der Waals surface area contributed by atoms with Gasteiger partial charge >= 0.3 is 5.97 Å². The number of carbonyl (C=O) groups is 2. The Kier molecular flexibility index (Phi) is 6.77. The predicted molar refractivity (Wildman–Crippen MR) is 119 cm³/mol. The molecule has 0 aromatic heterocycles. The molecule has 0 fully saturated rings. The first-order valence-electron chi connectivity index (χ1n) is 10.9. The highest BCUT2D eigenvalue weighted by molar-refractivity contribution is 6.04. The van der Waals surface area contributed by atoms with Crippen LogP contribution in [0.2, 0.25) is 0 Å². The van der Waals surface area contributed by atoms with Crippen LogP contribution >= 0.6 is 0 Å². The first-order valence-corrected chi connectivity index (χ1v) is 10.9. The molecule has 6 nitrogen and oxygen atoms in total. The van der Waals surface area contributed by atoms with Crippen LogP contribution < -0.4 is 14.8 Å². The maximum Gasteiger partial charge on any atom is 0.336 e. The SMILES string of the molecule is CCCOc1ccc([C@@H]2C(C(=O)OCC)=C(C)NC3=C2C(=O)CC(C)(C)C3)cc1OC. The van der Waals surface area contributed by atoms with Crippen molar-refractivity contribution in [1.82, 2.24) is 5.32 Å². The van der Waals surface area contributed by atoms with Crippen LogP contribution in [0.5, 0.6) is 11.5 Å². The zero-order chi connectivity index (χ0) is 22.8. The molecule has 0 unspecified atom stereocenters. The van der Waals surface area contributed by atoms with Gasteiger partial charge < -0.3 is 19.5 Å². The fourth-order valence-electron chi connectivity index (χ4n) is 4.44. The number of dihydropyridines is 1. The molecule has 0 saturated heterocycles. The van der Waals surface area contributed by atoms with Crippen molar-refractivity contribution in [1.29, 1.82) is 0 Å². The first kappa shape index (κ1) is 22.9. The number of Topliss-reactive ketones (excluding diaryl/α,β-unsaturated/α-hetero) is 1. The van der Waals surface area contributed by atoms with Gasteiger partial charge in [0.1, 0.15) is 0 Å². The van der Waals surface area contributed by atoms with Crippen LogP contribution in [0.3, 0.4) is 0 Å². The fraction of sp³-hybridized carbons (Fsp3) is 0.520. The van der Waals surface area contributed by atoms with Gasteiger partial charge in [-0.2, -0.15) is 0 Å². The number of nitrogens with one attached hydrogen (secondary N) is 1. The van der Waals surface area contributed by atoms with E-state index in [4.69, 9.17) is 14.2 Å². The Labute approximate surface area is 184 Å². The molecule has 6 heteroatoms. The van der Waals surface area contributed by atoms with Crippen LogP contribution in [0.25, 0.3) is 0 Å². The molecule has 0 amide bonds. The number of rotatable bonds is 7. The lowest BCUT2D eigenvalue weighted by Gasteiger charge is -2.39. The summed E-state index contributed by atoms with van der Waals surface area (Å²) >= 11 is 0. The second-order valence-corrected chi connectivity index (χ2v) is 8.91. The number of methoxy groups -OCH3 is 1. The Morgan fingerprint density at radius 2 is 1.94 bits per heavy atom. The van der Waals surface area contributed by atoms with Gasteiger partial charge in [0.25, 0.3) is 0 Å². The lowest BCUT2D eigenvalue weighted by atomic mass is 9.68. The Hall–Kier alpha value is -2.76. The van der Waals surface area contributed by atoms with Crippen molar-refractivity contribution < 1.29 is 23.8 Å². The molecule has 1 N–H and O–H groups in total. The molecular formula is C25H33NO5. The Bertz CT molecular complexity index is 941. The second-order valence-electron chi connectivity index (χ2n) is 8.91. The highest BCUT2D eigenvalue weighted by Crippen LogP contribution is 2.47. The number of hydrogen-bond donors (Lipinski definition) is 1. The van der Waals surface area contributed by atoms with Gasteiger partial charge in [0.15, 0.2) is 17.3 Å². The topological polar surface area (TPSA) is 73.9 Å². The third-order valence-electron chi connectivity index (χ3n) is 5.72. The van der Waals surface area contributed by atoms with Crippen LogP contribution in [0.15, 0.2) is 40.7 Å². The molecule has 1 aliphatic carbocycles. The van der Waals surface area contributed by atoms with Gasteiger partial charge in [-0.25, -0.2) is 4.79 Å². The third kappa shape index (κ3) is 4.63. The molecule has 1 heterocycles. The summed E-state index contributed by atoms with van der Waals surface area (Å²) in [5.74, 6) is 0.366. The van der Waals surface area contributed by atoms with E-state index in [1.807, 2.05) is 32.0 Å². The number of ketones is 1. The van der Waals surface area contributed by atoms with Gasteiger partial charge in [-0.3, -0.25) is 4.79 Å². The summed E-state index contributed by atoms with van der Waals surface area (Å²) in [4.78, 5) is 26.2. The zero-order valence-corrected chi connectivity index (χ0v) is 19.4. The van der Waals surface area contributed by atoms with Crippen molar-refractivity contribution >= 4 is 11.8 Å². The molecule has 1 atom stereocenters. The Morgan fingerprint density at radius 3 is 2.58 bits per heavy atom. The van der Waals surface area contributed by atoms with Crippen LogP contribution in [0.1, 0.15) is 65.4 Å². The van der Waals surface area contributed by atoms with Crippen molar-refractivity contribution in [3.8, 4) is 11.5 Å². The molecule has 1 aromatic carbocycles. The van der Waals surface area contributed by atoms with E-state index < -0.39 is 11.9 Å². The van der Waals surface area contributed by atoms with E-state index in [9.17, 15) is 9.59 Å².